The maximum absolute atomic E-state index is 6.17. The van der Waals surface area contributed by atoms with Crippen LogP contribution in [0.25, 0.3) is 12.2 Å². The Kier molecular flexibility index (Phi) is 8.89. The highest BCUT2D eigenvalue weighted by atomic mass is 35.5. The fourth-order valence-electron chi connectivity index (χ4n) is 2.16. The van der Waals surface area contributed by atoms with E-state index in [1.165, 1.54) is 19.0 Å². The van der Waals surface area contributed by atoms with Crippen LogP contribution in [0.2, 0.25) is 5.02 Å². The predicted octanol–water partition coefficient (Wildman–Crippen LogP) is 3.25. The summed E-state index contributed by atoms with van der Waals surface area (Å²) in [5.74, 6) is 0.400. The molecule has 0 atom stereocenters. The van der Waals surface area contributed by atoms with Gasteiger partial charge in [0, 0.05) is 37.2 Å². The average Bonchev–Trinajstić information content (AvgIpc) is 2.59. The van der Waals surface area contributed by atoms with E-state index in [4.69, 9.17) is 22.1 Å². The Bertz CT molecular complexity index is 814. The van der Waals surface area contributed by atoms with Gasteiger partial charge < -0.3 is 10.5 Å². The number of allylic oxidation sites excluding steroid dienone is 1. The Morgan fingerprint density at radius 2 is 2.04 bits per heavy atom. The SMILES string of the molecule is C=C/C(c1cc(N)ncc1Cl)=c1/ncc(C)cc1=C.CCCCOC. The first-order chi connectivity index (χ1) is 11.9. The van der Waals surface area contributed by atoms with Crippen molar-refractivity contribution < 1.29 is 4.74 Å². The van der Waals surface area contributed by atoms with Crippen LogP contribution in [0.15, 0.2) is 37.2 Å². The summed E-state index contributed by atoms with van der Waals surface area (Å²) in [4.78, 5) is 8.35. The quantitative estimate of drug-likeness (QED) is 0.832. The molecule has 0 aliphatic heterocycles. The summed E-state index contributed by atoms with van der Waals surface area (Å²) in [6.45, 7) is 12.9. The smallest absolute Gasteiger partial charge is 0.124 e. The molecule has 5 heteroatoms. The lowest BCUT2D eigenvalue weighted by atomic mass is 10.1. The summed E-state index contributed by atoms with van der Waals surface area (Å²) < 4.78 is 4.78. The highest BCUT2D eigenvalue weighted by Gasteiger charge is 2.07. The van der Waals surface area contributed by atoms with Gasteiger partial charge in [0.25, 0.3) is 0 Å². The van der Waals surface area contributed by atoms with E-state index < -0.39 is 0 Å². The third kappa shape index (κ3) is 6.33. The fraction of sp³-hybridized carbons (Fsp3) is 0.300. The molecule has 134 valence electrons. The van der Waals surface area contributed by atoms with Crippen LogP contribution >= 0.6 is 11.6 Å². The number of nitrogens with zero attached hydrogens (tertiary/aromatic N) is 2. The zero-order chi connectivity index (χ0) is 18.8. The average molecular weight is 360 g/mol. The molecular weight excluding hydrogens is 334 g/mol. The molecule has 2 rings (SSSR count). The van der Waals surface area contributed by atoms with Gasteiger partial charge in [-0.15, -0.1) is 0 Å². The van der Waals surface area contributed by atoms with E-state index in [-0.39, 0.29) is 0 Å². The van der Waals surface area contributed by atoms with Gasteiger partial charge in [0.2, 0.25) is 0 Å². The van der Waals surface area contributed by atoms with Crippen LogP contribution < -0.4 is 16.3 Å². The number of aryl methyl sites for hydroxylation is 1. The van der Waals surface area contributed by atoms with Crippen LogP contribution in [0, 0.1) is 6.92 Å². The van der Waals surface area contributed by atoms with Crippen LogP contribution in [0.5, 0.6) is 0 Å². The van der Waals surface area contributed by atoms with Gasteiger partial charge in [-0.1, -0.05) is 44.2 Å². The summed E-state index contributed by atoms with van der Waals surface area (Å²) in [7, 11) is 1.73. The molecule has 0 spiro atoms. The van der Waals surface area contributed by atoms with E-state index in [0.717, 1.165) is 33.9 Å². The lowest BCUT2D eigenvalue weighted by Crippen LogP contribution is -2.29. The maximum atomic E-state index is 6.17. The van der Waals surface area contributed by atoms with Crippen molar-refractivity contribution in [1.82, 2.24) is 9.97 Å². The number of hydrogen-bond donors (Lipinski definition) is 1. The number of nitrogen functional groups attached to an aromatic ring is 1. The highest BCUT2D eigenvalue weighted by molar-refractivity contribution is 6.32. The minimum atomic E-state index is 0.400. The van der Waals surface area contributed by atoms with Crippen LogP contribution in [0.1, 0.15) is 30.9 Å². The first kappa shape index (κ1) is 20.9. The molecule has 2 aromatic heterocycles. The number of pyridine rings is 2. The third-order valence-corrected chi connectivity index (χ3v) is 3.73. The van der Waals surface area contributed by atoms with Crippen LogP contribution in [0.3, 0.4) is 0 Å². The number of unbranched alkanes of at least 4 members (excludes halogenated alkanes) is 1. The zero-order valence-corrected chi connectivity index (χ0v) is 15.9. The molecule has 0 bridgehead atoms. The Morgan fingerprint density at radius 3 is 2.56 bits per heavy atom. The van der Waals surface area contributed by atoms with Crippen molar-refractivity contribution in [3.63, 3.8) is 0 Å². The van der Waals surface area contributed by atoms with E-state index in [1.54, 1.807) is 25.4 Å². The van der Waals surface area contributed by atoms with Crippen molar-refractivity contribution in [3.8, 4) is 0 Å². The summed E-state index contributed by atoms with van der Waals surface area (Å²) in [6, 6.07) is 3.67. The summed E-state index contributed by atoms with van der Waals surface area (Å²) in [5.41, 5.74) is 8.31. The number of halogens is 1. The topological polar surface area (TPSA) is 61.0 Å². The van der Waals surface area contributed by atoms with Gasteiger partial charge in [0.05, 0.1) is 10.4 Å². The molecule has 0 amide bonds. The molecule has 0 radical (unpaired) electrons. The van der Waals surface area contributed by atoms with E-state index in [2.05, 4.69) is 30.0 Å². The Labute approximate surface area is 154 Å². The zero-order valence-electron chi connectivity index (χ0n) is 15.2. The normalized spacial score (nSPS) is 11.4. The molecule has 0 saturated heterocycles. The maximum Gasteiger partial charge on any atom is 0.124 e. The van der Waals surface area contributed by atoms with Gasteiger partial charge >= 0.3 is 0 Å². The second kappa shape index (κ2) is 10.6. The van der Waals surface area contributed by atoms with Crippen LogP contribution in [-0.4, -0.2) is 23.7 Å². The molecular formula is C20H26ClN3O. The first-order valence-electron chi connectivity index (χ1n) is 8.13. The summed E-state index contributed by atoms with van der Waals surface area (Å²) in [5, 5.41) is 2.07. The highest BCUT2D eigenvalue weighted by Crippen LogP contribution is 2.23. The Morgan fingerprint density at radius 1 is 1.32 bits per heavy atom. The minimum absolute atomic E-state index is 0.400. The van der Waals surface area contributed by atoms with Gasteiger partial charge in [0.1, 0.15) is 5.82 Å². The van der Waals surface area contributed by atoms with Crippen molar-refractivity contribution in [2.45, 2.75) is 26.7 Å². The number of methoxy groups -OCH3 is 1. The van der Waals surface area contributed by atoms with Gasteiger partial charge in [-0.05, 0) is 36.3 Å². The molecule has 2 aromatic rings. The molecule has 0 unspecified atom stereocenters. The lowest BCUT2D eigenvalue weighted by Gasteiger charge is -2.06. The van der Waals surface area contributed by atoms with Gasteiger partial charge in [-0.25, -0.2) is 4.98 Å². The first-order valence-corrected chi connectivity index (χ1v) is 8.51. The molecule has 0 aromatic carbocycles. The fourth-order valence-corrected chi connectivity index (χ4v) is 2.36. The third-order valence-electron chi connectivity index (χ3n) is 3.43. The van der Waals surface area contributed by atoms with Crippen LogP contribution in [-0.2, 0) is 4.74 Å². The number of hydrogen-bond acceptors (Lipinski definition) is 4. The standard InChI is InChI=1S/C15H14ClN3.C5H12O/c1-4-11(12-6-14(17)18-8-13(12)16)15-10(3)5-9(2)7-19-15;1-3-4-5-6-2/h4-8H,1,3H2,2H3,(H2,17,18);3-5H2,1-2H3/b15-11-;. The molecule has 0 aliphatic carbocycles. The summed E-state index contributed by atoms with van der Waals surface area (Å²) in [6.07, 6.45) is 7.43. The molecule has 25 heavy (non-hydrogen) atoms. The molecule has 2 N–H and O–H groups in total. The largest absolute Gasteiger partial charge is 0.385 e. The lowest BCUT2D eigenvalue weighted by molar-refractivity contribution is 0.194. The molecule has 4 nitrogen and oxygen atoms in total. The van der Waals surface area contributed by atoms with E-state index in [1.807, 2.05) is 13.0 Å². The van der Waals surface area contributed by atoms with Crippen LogP contribution in [0.4, 0.5) is 5.82 Å². The van der Waals surface area contributed by atoms with Crippen molar-refractivity contribution in [3.05, 3.63) is 63.9 Å². The van der Waals surface area contributed by atoms with Crippen molar-refractivity contribution in [2.24, 2.45) is 0 Å². The van der Waals surface area contributed by atoms with Crippen molar-refractivity contribution in [1.29, 1.82) is 0 Å². The Hall–Kier alpha value is -2.17. The monoisotopic (exact) mass is 359 g/mol. The number of aromatic nitrogens is 2. The Balaban J connectivity index is 0.000000450. The van der Waals surface area contributed by atoms with Crippen molar-refractivity contribution >= 4 is 29.6 Å². The number of ether oxygens (including phenoxy) is 1. The summed E-state index contributed by atoms with van der Waals surface area (Å²) >= 11 is 6.17. The number of rotatable bonds is 5. The van der Waals surface area contributed by atoms with E-state index >= 15 is 0 Å². The van der Waals surface area contributed by atoms with Gasteiger partial charge in [-0.3, -0.25) is 4.98 Å². The second-order valence-electron chi connectivity index (χ2n) is 5.57. The molecule has 2 heterocycles. The number of nitrogens with two attached hydrogens (primary N) is 1. The van der Waals surface area contributed by atoms with Crippen molar-refractivity contribution in [2.75, 3.05) is 19.5 Å². The molecule has 0 aliphatic rings. The number of anilines is 1. The minimum Gasteiger partial charge on any atom is -0.385 e. The molecule has 0 saturated carbocycles. The van der Waals surface area contributed by atoms with E-state index in [9.17, 15) is 0 Å². The van der Waals surface area contributed by atoms with Gasteiger partial charge in [-0.2, -0.15) is 0 Å². The predicted molar refractivity (Wildman–Crippen MR) is 107 cm³/mol. The van der Waals surface area contributed by atoms with E-state index in [0.29, 0.717) is 10.8 Å². The van der Waals surface area contributed by atoms with Gasteiger partial charge in [0.15, 0.2) is 0 Å². The second-order valence-corrected chi connectivity index (χ2v) is 5.98. The molecule has 0 fully saturated rings.